The lowest BCUT2D eigenvalue weighted by Crippen LogP contribution is -2.40. The van der Waals surface area contributed by atoms with E-state index in [2.05, 4.69) is 4.98 Å². The van der Waals surface area contributed by atoms with Gasteiger partial charge in [-0.15, -0.1) is 0 Å². The van der Waals surface area contributed by atoms with Crippen molar-refractivity contribution < 1.29 is 24.2 Å². The van der Waals surface area contributed by atoms with Crippen LogP contribution in [0.5, 0.6) is 0 Å². The number of ether oxygens (including phenoxy) is 2. The Morgan fingerprint density at radius 3 is 2.73 bits per heavy atom. The zero-order chi connectivity index (χ0) is 18.5. The fourth-order valence-corrected chi connectivity index (χ4v) is 2.75. The van der Waals surface area contributed by atoms with E-state index >= 15 is 0 Å². The molecule has 136 valence electrons. The van der Waals surface area contributed by atoms with Crippen molar-refractivity contribution in [3.8, 4) is 11.3 Å². The van der Waals surface area contributed by atoms with E-state index in [0.717, 1.165) is 5.56 Å². The van der Waals surface area contributed by atoms with Crippen LogP contribution in [0.2, 0.25) is 0 Å². The van der Waals surface area contributed by atoms with E-state index in [-0.39, 0.29) is 17.6 Å². The van der Waals surface area contributed by atoms with Gasteiger partial charge in [0.05, 0.1) is 37.2 Å². The molecular weight excluding hydrogens is 336 g/mol. The maximum absolute atomic E-state index is 12.7. The molecule has 1 saturated heterocycles. The third kappa shape index (κ3) is 4.25. The molecule has 3 rings (SSSR count). The van der Waals surface area contributed by atoms with Crippen LogP contribution in [0.4, 0.5) is 0 Å². The number of carbonyl (C=O) groups is 2. The van der Waals surface area contributed by atoms with E-state index in [1.54, 1.807) is 36.2 Å². The third-order valence-electron chi connectivity index (χ3n) is 4.12. The van der Waals surface area contributed by atoms with Gasteiger partial charge in [-0.2, -0.15) is 0 Å². The average molecular weight is 356 g/mol. The zero-order valence-electron chi connectivity index (χ0n) is 14.4. The van der Waals surface area contributed by atoms with E-state index in [9.17, 15) is 9.59 Å². The van der Waals surface area contributed by atoms with E-state index in [4.69, 9.17) is 14.6 Å². The van der Waals surface area contributed by atoms with Gasteiger partial charge < -0.3 is 19.5 Å². The van der Waals surface area contributed by atoms with Gasteiger partial charge in [0.1, 0.15) is 0 Å². The minimum absolute atomic E-state index is 0.119. The van der Waals surface area contributed by atoms with Crippen LogP contribution in [0.15, 0.2) is 42.6 Å². The number of amides is 1. The van der Waals surface area contributed by atoms with Crippen LogP contribution in [0, 0.1) is 0 Å². The Balaban J connectivity index is 1.73. The normalized spacial score (nSPS) is 16.9. The van der Waals surface area contributed by atoms with Gasteiger partial charge >= 0.3 is 5.97 Å². The molecule has 7 heteroatoms. The zero-order valence-corrected chi connectivity index (χ0v) is 14.4. The van der Waals surface area contributed by atoms with Gasteiger partial charge in [-0.05, 0) is 24.3 Å². The number of rotatable bonds is 5. The second kappa shape index (κ2) is 8.07. The number of nitrogens with zero attached hydrogens (tertiary/aromatic N) is 2. The number of aromatic nitrogens is 1. The predicted octanol–water partition coefficient (Wildman–Crippen LogP) is 1.93. The summed E-state index contributed by atoms with van der Waals surface area (Å²) < 4.78 is 10.9. The summed E-state index contributed by atoms with van der Waals surface area (Å²) in [7, 11) is 1.73. The molecule has 1 atom stereocenters. The topological polar surface area (TPSA) is 89.0 Å². The number of hydrogen-bond acceptors (Lipinski definition) is 5. The van der Waals surface area contributed by atoms with E-state index in [1.807, 2.05) is 6.07 Å². The lowest BCUT2D eigenvalue weighted by Gasteiger charge is -2.27. The van der Waals surface area contributed by atoms with Gasteiger partial charge in [-0.1, -0.05) is 12.1 Å². The smallest absolute Gasteiger partial charge is 0.337 e. The first-order chi connectivity index (χ1) is 12.5. The molecular formula is C19H20N2O5. The Kier molecular flexibility index (Phi) is 5.60. The molecule has 0 radical (unpaired) electrons. The summed E-state index contributed by atoms with van der Waals surface area (Å²) in [6.45, 7) is 2.07. The SMILES string of the molecule is CN(CC1COCCO1)C(=O)c1cccc(-c2ccc(C(=O)O)cn2)c1. The summed E-state index contributed by atoms with van der Waals surface area (Å²) in [5.41, 5.74) is 2.01. The van der Waals surface area contributed by atoms with Crippen LogP contribution in [0.25, 0.3) is 11.3 Å². The molecule has 0 saturated carbocycles. The first-order valence-electron chi connectivity index (χ1n) is 8.29. The van der Waals surface area contributed by atoms with Crippen LogP contribution in [0.1, 0.15) is 20.7 Å². The summed E-state index contributed by atoms with van der Waals surface area (Å²) >= 11 is 0. The Morgan fingerprint density at radius 1 is 1.23 bits per heavy atom. The highest BCUT2D eigenvalue weighted by atomic mass is 16.6. The number of aromatic carboxylic acids is 1. The minimum Gasteiger partial charge on any atom is -0.478 e. The van der Waals surface area contributed by atoms with Crippen LogP contribution in [-0.4, -0.2) is 66.4 Å². The molecule has 0 aliphatic carbocycles. The molecule has 1 N–H and O–H groups in total. The molecule has 1 fully saturated rings. The lowest BCUT2D eigenvalue weighted by atomic mass is 10.1. The van der Waals surface area contributed by atoms with Crippen LogP contribution in [0.3, 0.4) is 0 Å². The van der Waals surface area contributed by atoms with Crippen LogP contribution >= 0.6 is 0 Å². The van der Waals surface area contributed by atoms with Gasteiger partial charge in [0.2, 0.25) is 0 Å². The fourth-order valence-electron chi connectivity index (χ4n) is 2.75. The summed E-state index contributed by atoms with van der Waals surface area (Å²) in [4.78, 5) is 29.4. The van der Waals surface area contributed by atoms with Gasteiger partial charge in [0, 0.05) is 30.9 Å². The largest absolute Gasteiger partial charge is 0.478 e. The summed E-state index contributed by atoms with van der Waals surface area (Å²) in [5.74, 6) is -1.15. The number of hydrogen-bond donors (Lipinski definition) is 1. The van der Waals surface area contributed by atoms with E-state index in [0.29, 0.717) is 37.6 Å². The molecule has 1 aliphatic heterocycles. The van der Waals surface area contributed by atoms with Crippen molar-refractivity contribution in [3.05, 3.63) is 53.7 Å². The first-order valence-corrected chi connectivity index (χ1v) is 8.29. The fraction of sp³-hybridized carbons (Fsp3) is 0.316. The number of carboxylic acid groups (broad SMARTS) is 1. The molecule has 0 spiro atoms. The monoisotopic (exact) mass is 356 g/mol. The predicted molar refractivity (Wildman–Crippen MR) is 94.2 cm³/mol. The molecule has 1 aromatic heterocycles. The van der Waals surface area contributed by atoms with Crippen molar-refractivity contribution >= 4 is 11.9 Å². The van der Waals surface area contributed by atoms with Crippen molar-refractivity contribution in [1.29, 1.82) is 0 Å². The molecule has 1 unspecified atom stereocenters. The highest BCUT2D eigenvalue weighted by molar-refractivity contribution is 5.95. The highest BCUT2D eigenvalue weighted by Gasteiger charge is 2.20. The molecule has 0 bridgehead atoms. The average Bonchev–Trinajstić information content (AvgIpc) is 2.68. The first kappa shape index (κ1) is 18.0. The van der Waals surface area contributed by atoms with Crippen molar-refractivity contribution in [3.63, 3.8) is 0 Å². The Bertz CT molecular complexity index is 785. The van der Waals surface area contributed by atoms with Crippen molar-refractivity contribution in [1.82, 2.24) is 9.88 Å². The van der Waals surface area contributed by atoms with Crippen LogP contribution < -0.4 is 0 Å². The second-order valence-electron chi connectivity index (χ2n) is 6.07. The maximum atomic E-state index is 12.7. The molecule has 2 heterocycles. The van der Waals surface area contributed by atoms with E-state index < -0.39 is 5.97 Å². The molecule has 2 aromatic rings. The molecule has 26 heavy (non-hydrogen) atoms. The van der Waals surface area contributed by atoms with Crippen LogP contribution in [-0.2, 0) is 9.47 Å². The van der Waals surface area contributed by atoms with Crippen molar-refractivity contribution in [2.24, 2.45) is 0 Å². The second-order valence-corrected chi connectivity index (χ2v) is 6.07. The van der Waals surface area contributed by atoms with Crippen molar-refractivity contribution in [2.75, 3.05) is 33.4 Å². The van der Waals surface area contributed by atoms with Crippen molar-refractivity contribution in [2.45, 2.75) is 6.10 Å². The Labute approximate surface area is 151 Å². The Morgan fingerprint density at radius 2 is 2.08 bits per heavy atom. The molecule has 7 nitrogen and oxygen atoms in total. The quantitative estimate of drug-likeness (QED) is 0.881. The van der Waals surface area contributed by atoms with Gasteiger partial charge in [0.15, 0.2) is 0 Å². The van der Waals surface area contributed by atoms with Gasteiger partial charge in [0.25, 0.3) is 5.91 Å². The van der Waals surface area contributed by atoms with Gasteiger partial charge in [-0.25, -0.2) is 4.79 Å². The molecule has 1 aliphatic rings. The minimum atomic E-state index is -1.02. The number of likely N-dealkylation sites (N-methyl/N-ethyl adjacent to an activating group) is 1. The molecule has 1 amide bonds. The number of benzene rings is 1. The number of carboxylic acids is 1. The number of carbonyl (C=O) groups excluding carboxylic acids is 1. The Hall–Kier alpha value is -2.77. The number of pyridine rings is 1. The maximum Gasteiger partial charge on any atom is 0.337 e. The summed E-state index contributed by atoms with van der Waals surface area (Å²) in [5, 5.41) is 8.95. The van der Waals surface area contributed by atoms with E-state index in [1.165, 1.54) is 12.3 Å². The van der Waals surface area contributed by atoms with Gasteiger partial charge in [-0.3, -0.25) is 9.78 Å². The summed E-state index contributed by atoms with van der Waals surface area (Å²) in [6, 6.07) is 10.2. The third-order valence-corrected chi connectivity index (χ3v) is 4.12. The highest BCUT2D eigenvalue weighted by Crippen LogP contribution is 2.19. The lowest BCUT2D eigenvalue weighted by molar-refractivity contribution is -0.0933. The molecule has 1 aromatic carbocycles. The summed E-state index contributed by atoms with van der Waals surface area (Å²) in [6.07, 6.45) is 1.18. The standard InChI is InChI=1S/C19H20N2O5/c1-21(11-16-12-25-7-8-26-16)18(22)14-4-2-3-13(9-14)17-6-5-15(10-20-17)19(23)24/h2-6,9-10,16H,7-8,11-12H2,1H3,(H,23,24).